The van der Waals surface area contributed by atoms with Crippen molar-refractivity contribution in [3.63, 3.8) is 0 Å². The molecular formula is C8H15NO2. The third kappa shape index (κ3) is 4.67. The van der Waals surface area contributed by atoms with Gasteiger partial charge in [-0.05, 0) is 6.92 Å². The third-order valence-corrected chi connectivity index (χ3v) is 1.45. The molecule has 0 aromatic carbocycles. The second kappa shape index (κ2) is 5.02. The van der Waals surface area contributed by atoms with Crippen LogP contribution in [0.5, 0.6) is 0 Å². The van der Waals surface area contributed by atoms with Gasteiger partial charge in [0.25, 0.3) is 0 Å². The van der Waals surface area contributed by atoms with Crippen LogP contribution in [0.15, 0.2) is 0 Å². The molecule has 1 N–H and O–H groups in total. The molecule has 1 unspecified atom stereocenters. The number of ketones is 1. The van der Waals surface area contributed by atoms with E-state index in [0.29, 0.717) is 0 Å². The lowest BCUT2D eigenvalue weighted by Crippen LogP contribution is -2.34. The Bertz CT molecular complexity index is 143. The first-order chi connectivity index (χ1) is 5.07. The highest BCUT2D eigenvalue weighted by molar-refractivity contribution is 5.82. The van der Waals surface area contributed by atoms with E-state index < -0.39 is 0 Å². The van der Waals surface area contributed by atoms with E-state index in [9.17, 15) is 9.59 Å². The third-order valence-electron chi connectivity index (χ3n) is 1.45. The van der Waals surface area contributed by atoms with Crippen molar-refractivity contribution in [2.75, 3.05) is 6.54 Å². The first-order valence-corrected chi connectivity index (χ1v) is 3.79. The summed E-state index contributed by atoms with van der Waals surface area (Å²) in [4.78, 5) is 21.1. The molecule has 0 radical (unpaired) electrons. The summed E-state index contributed by atoms with van der Waals surface area (Å²) >= 11 is 0. The van der Waals surface area contributed by atoms with Gasteiger partial charge in [-0.3, -0.25) is 4.79 Å². The molecule has 0 rings (SSSR count). The Morgan fingerprint density at radius 1 is 1.45 bits per heavy atom. The number of carbonyl (C=O) groups is 2. The predicted octanol–water partition coefficient (Wildman–Crippen LogP) is 0.388. The molecule has 0 aliphatic rings. The second-order valence-corrected chi connectivity index (χ2v) is 2.93. The van der Waals surface area contributed by atoms with E-state index in [1.807, 2.05) is 13.8 Å². The molecule has 3 nitrogen and oxygen atoms in total. The van der Waals surface area contributed by atoms with Gasteiger partial charge in [-0.1, -0.05) is 13.8 Å². The molecule has 0 spiro atoms. The molecule has 0 saturated heterocycles. The summed E-state index contributed by atoms with van der Waals surface area (Å²) in [5.41, 5.74) is 0. The fourth-order valence-electron chi connectivity index (χ4n) is 0.514. The molecule has 0 amide bonds. The van der Waals surface area contributed by atoms with E-state index in [2.05, 4.69) is 5.32 Å². The maximum Gasteiger partial charge on any atom is 0.149 e. The van der Waals surface area contributed by atoms with Crippen molar-refractivity contribution in [2.24, 2.45) is 5.92 Å². The van der Waals surface area contributed by atoms with Crippen LogP contribution in [-0.4, -0.2) is 24.7 Å². The van der Waals surface area contributed by atoms with Crippen LogP contribution < -0.4 is 5.32 Å². The zero-order valence-corrected chi connectivity index (χ0v) is 7.26. The van der Waals surface area contributed by atoms with Gasteiger partial charge in [-0.25, -0.2) is 0 Å². The van der Waals surface area contributed by atoms with Gasteiger partial charge in [0, 0.05) is 5.92 Å². The minimum absolute atomic E-state index is 0.0429. The molecule has 0 bridgehead atoms. The SMILES string of the molecule is CC(C=O)NCC(=O)C(C)C. The van der Waals surface area contributed by atoms with E-state index in [1.165, 1.54) is 0 Å². The maximum atomic E-state index is 11.0. The number of rotatable bonds is 5. The van der Waals surface area contributed by atoms with Gasteiger partial charge in [-0.15, -0.1) is 0 Å². The fourth-order valence-corrected chi connectivity index (χ4v) is 0.514. The lowest BCUT2D eigenvalue weighted by atomic mass is 10.1. The van der Waals surface area contributed by atoms with Crippen LogP contribution >= 0.6 is 0 Å². The zero-order chi connectivity index (χ0) is 8.85. The number of carbonyl (C=O) groups excluding carboxylic acids is 2. The van der Waals surface area contributed by atoms with Crippen LogP contribution in [0.1, 0.15) is 20.8 Å². The van der Waals surface area contributed by atoms with Gasteiger partial charge >= 0.3 is 0 Å². The van der Waals surface area contributed by atoms with Crippen molar-refractivity contribution in [2.45, 2.75) is 26.8 Å². The number of nitrogens with one attached hydrogen (secondary N) is 1. The van der Waals surface area contributed by atoms with Gasteiger partial charge in [0.15, 0.2) is 0 Å². The maximum absolute atomic E-state index is 11.0. The number of hydrogen-bond donors (Lipinski definition) is 1. The Hall–Kier alpha value is -0.700. The van der Waals surface area contributed by atoms with Crippen LogP contribution in [0.25, 0.3) is 0 Å². The highest BCUT2D eigenvalue weighted by Gasteiger charge is 2.07. The topological polar surface area (TPSA) is 46.2 Å². The van der Waals surface area contributed by atoms with Gasteiger partial charge in [0.2, 0.25) is 0 Å². The Morgan fingerprint density at radius 2 is 2.00 bits per heavy atom. The number of aldehydes is 1. The highest BCUT2D eigenvalue weighted by atomic mass is 16.1. The van der Waals surface area contributed by atoms with Gasteiger partial charge in [0.05, 0.1) is 12.6 Å². The van der Waals surface area contributed by atoms with Crippen LogP contribution in [-0.2, 0) is 9.59 Å². The van der Waals surface area contributed by atoms with Crippen molar-refractivity contribution in [1.29, 1.82) is 0 Å². The Kier molecular flexibility index (Phi) is 4.70. The summed E-state index contributed by atoms with van der Waals surface area (Å²) in [6, 6.07) is -0.224. The molecule has 64 valence electrons. The van der Waals surface area contributed by atoms with E-state index >= 15 is 0 Å². The average molecular weight is 157 g/mol. The standard InChI is InChI=1S/C8H15NO2/c1-6(2)8(11)4-9-7(3)5-10/h5-7,9H,4H2,1-3H3. The number of Topliss-reactive ketones (excluding diaryl/α,β-unsaturated/α-hetero) is 1. The molecule has 0 heterocycles. The van der Waals surface area contributed by atoms with E-state index in [1.54, 1.807) is 6.92 Å². The highest BCUT2D eigenvalue weighted by Crippen LogP contribution is 1.92. The lowest BCUT2D eigenvalue weighted by molar-refractivity contribution is -0.121. The molecule has 11 heavy (non-hydrogen) atoms. The van der Waals surface area contributed by atoms with Gasteiger partial charge < -0.3 is 10.1 Å². The average Bonchev–Trinajstić information content (AvgIpc) is 1.99. The van der Waals surface area contributed by atoms with E-state index in [4.69, 9.17) is 0 Å². The smallest absolute Gasteiger partial charge is 0.149 e. The predicted molar refractivity (Wildman–Crippen MR) is 43.4 cm³/mol. The first kappa shape index (κ1) is 10.3. The monoisotopic (exact) mass is 157 g/mol. The Balaban J connectivity index is 3.54. The lowest BCUT2D eigenvalue weighted by Gasteiger charge is -2.07. The first-order valence-electron chi connectivity index (χ1n) is 3.79. The number of hydrogen-bond acceptors (Lipinski definition) is 3. The minimum Gasteiger partial charge on any atom is -0.302 e. The normalized spacial score (nSPS) is 13.1. The van der Waals surface area contributed by atoms with Crippen molar-refractivity contribution < 1.29 is 9.59 Å². The zero-order valence-electron chi connectivity index (χ0n) is 7.26. The van der Waals surface area contributed by atoms with Crippen molar-refractivity contribution >= 4 is 12.1 Å². The summed E-state index contributed by atoms with van der Waals surface area (Å²) in [5, 5.41) is 2.80. The minimum atomic E-state index is -0.224. The molecule has 0 aliphatic heterocycles. The molecule has 0 aromatic rings. The van der Waals surface area contributed by atoms with Crippen LogP contribution in [0.2, 0.25) is 0 Å². The molecule has 0 saturated carbocycles. The second-order valence-electron chi connectivity index (χ2n) is 2.93. The molecular weight excluding hydrogens is 142 g/mol. The summed E-state index contributed by atoms with van der Waals surface area (Å²) in [7, 11) is 0. The van der Waals surface area contributed by atoms with Crippen molar-refractivity contribution in [3.8, 4) is 0 Å². The van der Waals surface area contributed by atoms with Gasteiger partial charge in [-0.2, -0.15) is 0 Å². The summed E-state index contributed by atoms with van der Waals surface area (Å²) < 4.78 is 0. The van der Waals surface area contributed by atoms with Crippen LogP contribution in [0, 0.1) is 5.92 Å². The summed E-state index contributed by atoms with van der Waals surface area (Å²) in [5.74, 6) is 0.181. The molecule has 1 atom stereocenters. The van der Waals surface area contributed by atoms with E-state index in [-0.39, 0.29) is 24.3 Å². The van der Waals surface area contributed by atoms with Crippen LogP contribution in [0.3, 0.4) is 0 Å². The molecule has 0 aromatic heterocycles. The largest absolute Gasteiger partial charge is 0.302 e. The van der Waals surface area contributed by atoms with Crippen LogP contribution in [0.4, 0.5) is 0 Å². The molecule has 0 aliphatic carbocycles. The van der Waals surface area contributed by atoms with E-state index in [0.717, 1.165) is 6.29 Å². The molecule has 3 heteroatoms. The van der Waals surface area contributed by atoms with Gasteiger partial charge in [0.1, 0.15) is 12.1 Å². The Morgan fingerprint density at radius 3 is 2.36 bits per heavy atom. The fraction of sp³-hybridized carbons (Fsp3) is 0.750. The Labute approximate surface area is 67.2 Å². The summed E-state index contributed by atoms with van der Waals surface area (Å²) in [6.45, 7) is 5.70. The molecule has 0 fully saturated rings. The summed E-state index contributed by atoms with van der Waals surface area (Å²) in [6.07, 6.45) is 0.785. The van der Waals surface area contributed by atoms with Crippen molar-refractivity contribution in [3.05, 3.63) is 0 Å². The quantitative estimate of drug-likeness (QED) is 0.587. The van der Waals surface area contributed by atoms with Crippen molar-refractivity contribution in [1.82, 2.24) is 5.32 Å².